The van der Waals surface area contributed by atoms with Crippen LogP contribution >= 0.6 is 12.4 Å². The van der Waals surface area contributed by atoms with Crippen molar-refractivity contribution in [1.29, 1.82) is 0 Å². The maximum absolute atomic E-state index is 12.6. The van der Waals surface area contributed by atoms with Crippen LogP contribution in [-0.2, 0) is 10.3 Å². The summed E-state index contributed by atoms with van der Waals surface area (Å²) in [6.45, 7) is 2.06. The van der Waals surface area contributed by atoms with Crippen LogP contribution in [0.4, 0.5) is 4.79 Å². The minimum atomic E-state index is -1.12. The Morgan fingerprint density at radius 3 is 2.37 bits per heavy atom. The highest BCUT2D eigenvalue weighted by Crippen LogP contribution is 2.27. The molecule has 0 aromatic heterocycles. The van der Waals surface area contributed by atoms with Gasteiger partial charge in [0.2, 0.25) is 0 Å². The highest BCUT2D eigenvalue weighted by atomic mass is 35.5. The smallest absolute Gasteiger partial charge is 0.322 e. The summed E-state index contributed by atoms with van der Waals surface area (Å²) in [6.07, 6.45) is 5.85. The fraction of sp³-hybridized carbons (Fsp3) is 0.526. The van der Waals surface area contributed by atoms with E-state index in [9.17, 15) is 14.4 Å². The molecule has 0 bridgehead atoms. The molecule has 1 aromatic carbocycles. The highest BCUT2D eigenvalue weighted by Gasteiger charge is 2.43. The van der Waals surface area contributed by atoms with Gasteiger partial charge in [0.1, 0.15) is 5.54 Å². The van der Waals surface area contributed by atoms with Crippen molar-refractivity contribution >= 4 is 30.3 Å². The molecule has 27 heavy (non-hydrogen) atoms. The number of urea groups is 1. The molecule has 2 aliphatic rings. The van der Waals surface area contributed by atoms with Crippen molar-refractivity contribution in [3.63, 3.8) is 0 Å². The van der Waals surface area contributed by atoms with Crippen LogP contribution in [0.2, 0.25) is 0 Å². The fourth-order valence-electron chi connectivity index (χ4n) is 3.86. The predicted molar refractivity (Wildman–Crippen MR) is 105 cm³/mol. The molecule has 8 heteroatoms. The number of imide groups is 1. The SMILES string of the molecule is CC1(c2ccc(C(=O)NC(CN)C3CCCCC3)cc2)NC(=O)NC1=O.Cl. The van der Waals surface area contributed by atoms with Gasteiger partial charge in [0.05, 0.1) is 0 Å². The monoisotopic (exact) mass is 394 g/mol. The maximum Gasteiger partial charge on any atom is 0.322 e. The molecular formula is C19H27ClN4O3. The maximum atomic E-state index is 12.6. The zero-order valence-electron chi connectivity index (χ0n) is 15.4. The lowest BCUT2D eigenvalue weighted by molar-refractivity contribution is -0.123. The summed E-state index contributed by atoms with van der Waals surface area (Å²) in [7, 11) is 0. The van der Waals surface area contributed by atoms with Gasteiger partial charge in [-0.3, -0.25) is 14.9 Å². The Hall–Kier alpha value is -2.12. The van der Waals surface area contributed by atoms with Crippen molar-refractivity contribution in [3.05, 3.63) is 35.4 Å². The number of benzene rings is 1. The molecule has 148 valence electrons. The van der Waals surface area contributed by atoms with Gasteiger partial charge in [0, 0.05) is 18.2 Å². The van der Waals surface area contributed by atoms with Crippen LogP contribution < -0.4 is 21.7 Å². The summed E-state index contributed by atoms with van der Waals surface area (Å²) in [6, 6.07) is 6.19. The number of nitrogens with two attached hydrogens (primary N) is 1. The second kappa shape index (κ2) is 8.71. The fourth-order valence-corrected chi connectivity index (χ4v) is 3.86. The van der Waals surface area contributed by atoms with Crippen molar-refractivity contribution in [2.24, 2.45) is 11.7 Å². The molecule has 2 unspecified atom stereocenters. The molecule has 1 aromatic rings. The number of hydrogen-bond donors (Lipinski definition) is 4. The van der Waals surface area contributed by atoms with Gasteiger partial charge < -0.3 is 16.4 Å². The Labute approximate surface area is 165 Å². The molecule has 0 spiro atoms. The summed E-state index contributed by atoms with van der Waals surface area (Å²) in [4.78, 5) is 36.0. The van der Waals surface area contributed by atoms with Gasteiger partial charge in [-0.25, -0.2) is 4.79 Å². The van der Waals surface area contributed by atoms with Gasteiger partial charge >= 0.3 is 6.03 Å². The Bertz CT molecular complexity index is 703. The lowest BCUT2D eigenvalue weighted by Gasteiger charge is -2.30. The standard InChI is InChI=1S/C19H26N4O3.ClH/c1-19(17(25)22-18(26)23-19)14-9-7-13(8-10-14)16(24)21-15(11-20)12-5-3-2-4-6-12;/h7-10,12,15H,2-6,11,20H2,1H3,(H,21,24)(H2,22,23,25,26);1H. The van der Waals surface area contributed by atoms with Crippen LogP contribution in [0.3, 0.4) is 0 Å². The summed E-state index contributed by atoms with van der Waals surface area (Å²) >= 11 is 0. The first-order valence-electron chi connectivity index (χ1n) is 9.19. The lowest BCUT2D eigenvalue weighted by atomic mass is 9.83. The van der Waals surface area contributed by atoms with E-state index in [0.717, 1.165) is 12.8 Å². The Morgan fingerprint density at radius 1 is 1.22 bits per heavy atom. The Morgan fingerprint density at radius 2 is 1.85 bits per heavy atom. The molecule has 1 aliphatic heterocycles. The topological polar surface area (TPSA) is 113 Å². The van der Waals surface area contributed by atoms with Crippen molar-refractivity contribution in [2.45, 2.75) is 50.6 Å². The van der Waals surface area contributed by atoms with E-state index in [0.29, 0.717) is 23.6 Å². The number of carbonyl (C=O) groups is 3. The second-order valence-corrected chi connectivity index (χ2v) is 7.32. The van der Waals surface area contributed by atoms with Crippen LogP contribution in [-0.4, -0.2) is 30.4 Å². The summed E-state index contributed by atoms with van der Waals surface area (Å²) in [5.41, 5.74) is 5.90. The number of nitrogens with one attached hydrogen (secondary N) is 3. The lowest BCUT2D eigenvalue weighted by Crippen LogP contribution is -2.46. The van der Waals surface area contributed by atoms with Gasteiger partial charge in [0.15, 0.2) is 0 Å². The van der Waals surface area contributed by atoms with E-state index < -0.39 is 17.5 Å². The third-order valence-electron chi connectivity index (χ3n) is 5.56. The Kier molecular flexibility index (Phi) is 6.84. The molecule has 5 N–H and O–H groups in total. The number of carbonyl (C=O) groups excluding carboxylic acids is 3. The third-order valence-corrected chi connectivity index (χ3v) is 5.56. The second-order valence-electron chi connectivity index (χ2n) is 7.32. The summed E-state index contributed by atoms with van der Waals surface area (Å²) in [5.74, 6) is -0.129. The minimum absolute atomic E-state index is 0. The van der Waals surface area contributed by atoms with Gasteiger partial charge in [-0.15, -0.1) is 12.4 Å². The van der Waals surface area contributed by atoms with Crippen LogP contribution in [0.1, 0.15) is 54.9 Å². The molecule has 3 rings (SSSR count). The van der Waals surface area contributed by atoms with E-state index >= 15 is 0 Å². The number of amides is 4. The van der Waals surface area contributed by atoms with Crippen LogP contribution in [0.25, 0.3) is 0 Å². The molecule has 2 atom stereocenters. The molecule has 1 saturated carbocycles. The van der Waals surface area contributed by atoms with Crippen LogP contribution in [0.15, 0.2) is 24.3 Å². The van der Waals surface area contributed by atoms with Crippen molar-refractivity contribution in [2.75, 3.05) is 6.54 Å². The zero-order chi connectivity index (χ0) is 18.7. The number of halogens is 1. The van der Waals surface area contributed by atoms with E-state index in [1.807, 2.05) is 0 Å². The van der Waals surface area contributed by atoms with E-state index in [4.69, 9.17) is 5.73 Å². The molecular weight excluding hydrogens is 368 g/mol. The van der Waals surface area contributed by atoms with Crippen molar-refractivity contribution in [3.8, 4) is 0 Å². The van der Waals surface area contributed by atoms with Gasteiger partial charge in [0.25, 0.3) is 11.8 Å². The van der Waals surface area contributed by atoms with Gasteiger partial charge in [-0.1, -0.05) is 31.4 Å². The predicted octanol–water partition coefficient (Wildman–Crippen LogP) is 1.80. The van der Waals surface area contributed by atoms with E-state index in [1.54, 1.807) is 31.2 Å². The first-order chi connectivity index (χ1) is 12.4. The average molecular weight is 395 g/mol. The van der Waals surface area contributed by atoms with Crippen LogP contribution in [0, 0.1) is 5.92 Å². The quantitative estimate of drug-likeness (QED) is 0.570. The normalized spacial score (nSPS) is 23.8. The molecule has 1 aliphatic carbocycles. The number of hydrogen-bond acceptors (Lipinski definition) is 4. The first kappa shape index (κ1) is 21.2. The van der Waals surface area contributed by atoms with Gasteiger partial charge in [-0.2, -0.15) is 0 Å². The summed E-state index contributed by atoms with van der Waals surface area (Å²) in [5, 5.41) is 7.90. The third kappa shape index (κ3) is 4.42. The number of rotatable bonds is 5. The molecule has 7 nitrogen and oxygen atoms in total. The molecule has 2 fully saturated rings. The van der Waals surface area contributed by atoms with Gasteiger partial charge in [-0.05, 0) is 43.4 Å². The zero-order valence-corrected chi connectivity index (χ0v) is 16.2. The largest absolute Gasteiger partial charge is 0.348 e. The Balaban J connectivity index is 0.00000261. The van der Waals surface area contributed by atoms with Crippen LogP contribution in [0.5, 0.6) is 0 Å². The molecule has 1 heterocycles. The average Bonchev–Trinajstić information content (AvgIpc) is 2.93. The first-order valence-corrected chi connectivity index (χ1v) is 9.19. The van der Waals surface area contributed by atoms with E-state index in [-0.39, 0.29) is 24.4 Å². The highest BCUT2D eigenvalue weighted by molar-refractivity contribution is 6.07. The minimum Gasteiger partial charge on any atom is -0.348 e. The van der Waals surface area contributed by atoms with Crippen molar-refractivity contribution in [1.82, 2.24) is 16.0 Å². The van der Waals surface area contributed by atoms with E-state index in [1.165, 1.54) is 19.3 Å². The molecule has 0 radical (unpaired) electrons. The van der Waals surface area contributed by atoms with E-state index in [2.05, 4.69) is 16.0 Å². The summed E-state index contributed by atoms with van der Waals surface area (Å²) < 4.78 is 0. The van der Waals surface area contributed by atoms with Crippen molar-refractivity contribution < 1.29 is 14.4 Å². The molecule has 1 saturated heterocycles. The molecule has 4 amide bonds.